The van der Waals surface area contributed by atoms with Gasteiger partial charge in [-0.15, -0.1) is 0 Å². The maximum absolute atomic E-state index is 11.7. The molecule has 1 N–H and O–H groups in total. The maximum atomic E-state index is 11.7. The number of carbonyl (C=O) groups excluding carboxylic acids is 1. The van der Waals surface area contributed by atoms with E-state index in [1.54, 1.807) is 0 Å². The first kappa shape index (κ1) is 12.7. The molecule has 18 heavy (non-hydrogen) atoms. The maximum Gasteiger partial charge on any atom is 0.224 e. The van der Waals surface area contributed by atoms with E-state index in [4.69, 9.17) is 9.47 Å². The van der Waals surface area contributed by atoms with Gasteiger partial charge in [-0.2, -0.15) is 0 Å². The van der Waals surface area contributed by atoms with Crippen LogP contribution >= 0.6 is 0 Å². The van der Waals surface area contributed by atoms with Crippen molar-refractivity contribution in [2.45, 2.75) is 20.3 Å². The lowest BCUT2D eigenvalue weighted by atomic mass is 10.1. The number of benzene rings is 1. The fourth-order valence-electron chi connectivity index (χ4n) is 1.76. The summed E-state index contributed by atoms with van der Waals surface area (Å²) < 4.78 is 10.9. The monoisotopic (exact) mass is 249 g/mol. The zero-order chi connectivity index (χ0) is 13.0. The van der Waals surface area contributed by atoms with Gasteiger partial charge in [0.2, 0.25) is 5.91 Å². The van der Waals surface area contributed by atoms with E-state index in [1.807, 2.05) is 18.2 Å². The van der Waals surface area contributed by atoms with Crippen molar-refractivity contribution in [1.29, 1.82) is 0 Å². The van der Waals surface area contributed by atoms with Gasteiger partial charge >= 0.3 is 0 Å². The van der Waals surface area contributed by atoms with Crippen LogP contribution in [0.15, 0.2) is 18.2 Å². The van der Waals surface area contributed by atoms with Crippen LogP contribution in [-0.2, 0) is 11.2 Å². The summed E-state index contributed by atoms with van der Waals surface area (Å²) in [6, 6.07) is 5.64. The topological polar surface area (TPSA) is 47.6 Å². The Morgan fingerprint density at radius 3 is 2.72 bits per heavy atom. The van der Waals surface area contributed by atoms with E-state index in [-0.39, 0.29) is 5.91 Å². The predicted octanol–water partition coefficient (Wildman–Crippen LogP) is 1.77. The average molecular weight is 249 g/mol. The van der Waals surface area contributed by atoms with Crippen molar-refractivity contribution >= 4 is 5.91 Å². The largest absolute Gasteiger partial charge is 0.486 e. The van der Waals surface area contributed by atoms with Gasteiger partial charge in [-0.05, 0) is 23.6 Å². The fraction of sp³-hybridized carbons (Fsp3) is 0.500. The summed E-state index contributed by atoms with van der Waals surface area (Å²) in [6.07, 6.45) is 0.378. The molecule has 1 aromatic carbocycles. The summed E-state index contributed by atoms with van der Waals surface area (Å²) in [6.45, 7) is 6.01. The molecule has 1 heterocycles. The Balaban J connectivity index is 1.95. The number of fused-ring (bicyclic) bond motifs is 1. The molecule has 1 aliphatic heterocycles. The van der Waals surface area contributed by atoms with Gasteiger partial charge in [0, 0.05) is 6.54 Å². The molecule has 4 heteroatoms. The Hall–Kier alpha value is -1.71. The third kappa shape index (κ3) is 3.39. The van der Waals surface area contributed by atoms with Gasteiger partial charge in [0.25, 0.3) is 0 Å². The van der Waals surface area contributed by atoms with Crippen molar-refractivity contribution in [2.24, 2.45) is 5.92 Å². The van der Waals surface area contributed by atoms with Crippen molar-refractivity contribution < 1.29 is 14.3 Å². The average Bonchev–Trinajstić information content (AvgIpc) is 2.36. The molecule has 0 aromatic heterocycles. The summed E-state index contributed by atoms with van der Waals surface area (Å²) in [7, 11) is 0. The van der Waals surface area contributed by atoms with Crippen LogP contribution in [0, 0.1) is 5.92 Å². The molecule has 0 saturated heterocycles. The Bertz CT molecular complexity index is 429. The zero-order valence-corrected chi connectivity index (χ0v) is 10.9. The number of rotatable bonds is 4. The third-order valence-electron chi connectivity index (χ3n) is 2.68. The SMILES string of the molecule is CC(C)CNC(=O)Cc1ccc2c(c1)OCCO2. The lowest BCUT2D eigenvalue weighted by molar-refractivity contribution is -0.120. The van der Waals surface area contributed by atoms with Crippen LogP contribution in [0.1, 0.15) is 19.4 Å². The quantitative estimate of drug-likeness (QED) is 0.884. The van der Waals surface area contributed by atoms with Gasteiger partial charge in [-0.3, -0.25) is 4.79 Å². The minimum atomic E-state index is 0.0420. The highest BCUT2D eigenvalue weighted by molar-refractivity contribution is 5.78. The highest BCUT2D eigenvalue weighted by Gasteiger charge is 2.13. The molecule has 0 fully saturated rings. The van der Waals surface area contributed by atoms with Crippen molar-refractivity contribution in [3.63, 3.8) is 0 Å². The minimum Gasteiger partial charge on any atom is -0.486 e. The van der Waals surface area contributed by atoms with E-state index in [2.05, 4.69) is 19.2 Å². The first-order chi connectivity index (χ1) is 8.65. The highest BCUT2D eigenvalue weighted by atomic mass is 16.6. The Kier molecular flexibility index (Phi) is 4.07. The molecule has 0 saturated carbocycles. The van der Waals surface area contributed by atoms with Crippen LogP contribution in [0.3, 0.4) is 0 Å². The number of hydrogen-bond acceptors (Lipinski definition) is 3. The summed E-state index contributed by atoms with van der Waals surface area (Å²) >= 11 is 0. The van der Waals surface area contributed by atoms with E-state index in [9.17, 15) is 4.79 Å². The van der Waals surface area contributed by atoms with Gasteiger partial charge in [0.1, 0.15) is 13.2 Å². The van der Waals surface area contributed by atoms with Crippen LogP contribution < -0.4 is 14.8 Å². The van der Waals surface area contributed by atoms with Crippen LogP contribution in [0.5, 0.6) is 11.5 Å². The molecule has 0 atom stereocenters. The Labute approximate surface area is 107 Å². The Morgan fingerprint density at radius 1 is 1.28 bits per heavy atom. The van der Waals surface area contributed by atoms with Gasteiger partial charge in [0.15, 0.2) is 11.5 Å². The van der Waals surface area contributed by atoms with Gasteiger partial charge in [0.05, 0.1) is 6.42 Å². The summed E-state index contributed by atoms with van der Waals surface area (Å²) in [5.74, 6) is 2.00. The highest BCUT2D eigenvalue weighted by Crippen LogP contribution is 2.30. The third-order valence-corrected chi connectivity index (χ3v) is 2.68. The molecule has 2 rings (SSSR count). The first-order valence-corrected chi connectivity index (χ1v) is 6.30. The van der Waals surface area contributed by atoms with Crippen LogP contribution in [0.2, 0.25) is 0 Å². The number of nitrogens with one attached hydrogen (secondary N) is 1. The number of amides is 1. The summed E-state index contributed by atoms with van der Waals surface area (Å²) in [5.41, 5.74) is 0.945. The van der Waals surface area contributed by atoms with E-state index in [0.29, 0.717) is 32.1 Å². The second kappa shape index (κ2) is 5.76. The summed E-state index contributed by atoms with van der Waals surface area (Å²) in [4.78, 5) is 11.7. The normalized spacial score (nSPS) is 13.5. The first-order valence-electron chi connectivity index (χ1n) is 6.30. The second-order valence-electron chi connectivity index (χ2n) is 4.85. The smallest absolute Gasteiger partial charge is 0.224 e. The molecule has 98 valence electrons. The molecule has 0 aliphatic carbocycles. The molecule has 0 spiro atoms. The zero-order valence-electron chi connectivity index (χ0n) is 10.9. The van der Waals surface area contributed by atoms with Crippen LogP contribution in [0.25, 0.3) is 0 Å². The molecule has 4 nitrogen and oxygen atoms in total. The molecular formula is C14H19NO3. The van der Waals surface area contributed by atoms with E-state index in [0.717, 1.165) is 17.1 Å². The molecule has 1 amide bonds. The van der Waals surface area contributed by atoms with E-state index in [1.165, 1.54) is 0 Å². The molecule has 1 aromatic rings. The van der Waals surface area contributed by atoms with Crippen molar-refractivity contribution in [1.82, 2.24) is 5.32 Å². The number of ether oxygens (including phenoxy) is 2. The van der Waals surface area contributed by atoms with E-state index >= 15 is 0 Å². The number of hydrogen-bond donors (Lipinski definition) is 1. The lowest BCUT2D eigenvalue weighted by Gasteiger charge is -2.18. The molecule has 0 bridgehead atoms. The van der Waals surface area contributed by atoms with Gasteiger partial charge in [-0.25, -0.2) is 0 Å². The van der Waals surface area contributed by atoms with Crippen molar-refractivity contribution in [3.05, 3.63) is 23.8 Å². The fourth-order valence-corrected chi connectivity index (χ4v) is 1.76. The van der Waals surface area contributed by atoms with Crippen LogP contribution in [-0.4, -0.2) is 25.7 Å². The Morgan fingerprint density at radius 2 is 2.00 bits per heavy atom. The lowest BCUT2D eigenvalue weighted by Crippen LogP contribution is -2.28. The standard InChI is InChI=1S/C14H19NO3/c1-10(2)9-15-14(16)8-11-3-4-12-13(7-11)18-6-5-17-12/h3-4,7,10H,5-6,8-9H2,1-2H3,(H,15,16). The second-order valence-corrected chi connectivity index (χ2v) is 4.85. The summed E-state index contributed by atoms with van der Waals surface area (Å²) in [5, 5.41) is 2.90. The molecule has 0 unspecified atom stereocenters. The predicted molar refractivity (Wildman–Crippen MR) is 69.0 cm³/mol. The molecular weight excluding hydrogens is 230 g/mol. The molecule has 1 aliphatic rings. The molecule has 0 radical (unpaired) electrons. The van der Waals surface area contributed by atoms with E-state index < -0.39 is 0 Å². The minimum absolute atomic E-state index is 0.0420. The van der Waals surface area contributed by atoms with Gasteiger partial charge in [-0.1, -0.05) is 19.9 Å². The van der Waals surface area contributed by atoms with Crippen molar-refractivity contribution in [2.75, 3.05) is 19.8 Å². The van der Waals surface area contributed by atoms with Gasteiger partial charge < -0.3 is 14.8 Å². The van der Waals surface area contributed by atoms with Crippen LogP contribution in [0.4, 0.5) is 0 Å². The van der Waals surface area contributed by atoms with Crippen molar-refractivity contribution in [3.8, 4) is 11.5 Å². The number of carbonyl (C=O) groups is 1.